The number of carbonyl (C=O) groups excluding carboxylic acids is 3. The molecule has 0 aliphatic heterocycles. The zero-order valence-corrected chi connectivity index (χ0v) is 17.4. The zero-order valence-electron chi connectivity index (χ0n) is 17.4. The van der Waals surface area contributed by atoms with E-state index in [-0.39, 0.29) is 11.6 Å². The highest BCUT2D eigenvalue weighted by atomic mass is 16.3. The highest BCUT2D eigenvalue weighted by molar-refractivity contribution is 6.28. The summed E-state index contributed by atoms with van der Waals surface area (Å²) in [4.78, 5) is 35.8. The minimum atomic E-state index is -0.626. The Hall–Kier alpha value is -2.59. The van der Waals surface area contributed by atoms with Gasteiger partial charge in [-0.1, -0.05) is 75.3 Å². The van der Waals surface area contributed by atoms with Gasteiger partial charge in [0, 0.05) is 28.7 Å². The van der Waals surface area contributed by atoms with E-state index in [2.05, 4.69) is 0 Å². The molecule has 1 aliphatic carbocycles. The van der Waals surface area contributed by atoms with Gasteiger partial charge in [0.2, 0.25) is 0 Å². The minimum absolute atomic E-state index is 0.132. The van der Waals surface area contributed by atoms with Gasteiger partial charge in [0.25, 0.3) is 0 Å². The third-order valence-electron chi connectivity index (χ3n) is 5.88. The molecule has 0 saturated heterocycles. The molecule has 2 aromatic carbocycles. The Morgan fingerprint density at radius 2 is 1.23 bits per heavy atom. The number of unbranched alkanes of at least 4 members (excludes halogenated alkanes) is 8. The summed E-state index contributed by atoms with van der Waals surface area (Å²) in [5.41, 5.74) is 2.40. The van der Waals surface area contributed by atoms with Crippen LogP contribution in [0.4, 0.5) is 0 Å². The Balaban J connectivity index is 1.47. The molecule has 0 aromatic heterocycles. The van der Waals surface area contributed by atoms with Gasteiger partial charge < -0.3 is 9.90 Å². The van der Waals surface area contributed by atoms with E-state index in [4.69, 9.17) is 0 Å². The van der Waals surface area contributed by atoms with Gasteiger partial charge in [-0.05, 0) is 30.5 Å². The number of aliphatic hydroxyl groups excluding tert-OH is 1. The van der Waals surface area contributed by atoms with Crippen LogP contribution in [0.3, 0.4) is 0 Å². The number of rotatable bonds is 12. The lowest BCUT2D eigenvalue weighted by atomic mass is 9.83. The van der Waals surface area contributed by atoms with Crippen LogP contribution in [0.1, 0.15) is 108 Å². The van der Waals surface area contributed by atoms with E-state index in [1.54, 1.807) is 42.5 Å². The third kappa shape index (κ3) is 5.31. The first-order valence-electron chi connectivity index (χ1n) is 11.1. The Labute approximate surface area is 178 Å². The van der Waals surface area contributed by atoms with Gasteiger partial charge in [0.15, 0.2) is 11.6 Å². The van der Waals surface area contributed by atoms with Gasteiger partial charge in [-0.2, -0.15) is 0 Å². The molecule has 30 heavy (non-hydrogen) atoms. The van der Waals surface area contributed by atoms with Crippen LogP contribution in [0.25, 0.3) is 0 Å². The first-order valence-corrected chi connectivity index (χ1v) is 11.1. The summed E-state index contributed by atoms with van der Waals surface area (Å²) >= 11 is 0. The number of hydrogen-bond donors (Lipinski definition) is 1. The lowest BCUT2D eigenvalue weighted by Gasteiger charge is -2.19. The quantitative estimate of drug-likeness (QED) is 0.314. The molecule has 4 nitrogen and oxygen atoms in total. The molecule has 0 bridgehead atoms. The summed E-state index contributed by atoms with van der Waals surface area (Å²) in [5, 5.41) is 10.6. The molecule has 0 fully saturated rings. The summed E-state index contributed by atoms with van der Waals surface area (Å²) in [6, 6.07) is 12.0. The van der Waals surface area contributed by atoms with Crippen LogP contribution >= 0.6 is 0 Å². The van der Waals surface area contributed by atoms with Crippen molar-refractivity contribution in [2.75, 3.05) is 0 Å². The van der Waals surface area contributed by atoms with Crippen LogP contribution in [0.2, 0.25) is 0 Å². The molecular formula is C26H30O4. The van der Waals surface area contributed by atoms with Crippen molar-refractivity contribution in [2.45, 2.75) is 70.3 Å². The monoisotopic (exact) mass is 406 g/mol. The maximum absolute atomic E-state index is 12.8. The molecule has 1 unspecified atom stereocenters. The van der Waals surface area contributed by atoms with Gasteiger partial charge in [0.05, 0.1) is 6.10 Å². The average Bonchev–Trinajstić information content (AvgIpc) is 2.78. The number of ketones is 2. The molecule has 1 N–H and O–H groups in total. The number of carbonyl (C=O) groups is 3. The predicted octanol–water partition coefficient (Wildman–Crippen LogP) is 5.60. The standard InChI is InChI=1S/C26H30O4/c27-17-11-7-5-3-1-2-4-6-8-14-24(28)19-15-16-22-23(18-19)26(30)21-13-10-9-12-20(21)25(22)29/h9-10,12-13,15-18,24,28H,1-8,11,14H2. The van der Waals surface area contributed by atoms with Crippen LogP contribution in [-0.2, 0) is 4.79 Å². The van der Waals surface area contributed by atoms with Crippen molar-refractivity contribution in [3.05, 3.63) is 70.3 Å². The molecule has 0 amide bonds. The van der Waals surface area contributed by atoms with E-state index in [1.165, 1.54) is 19.3 Å². The van der Waals surface area contributed by atoms with Crippen molar-refractivity contribution in [2.24, 2.45) is 0 Å². The first-order chi connectivity index (χ1) is 14.6. The fraction of sp³-hybridized carbons (Fsp3) is 0.423. The third-order valence-corrected chi connectivity index (χ3v) is 5.88. The van der Waals surface area contributed by atoms with Gasteiger partial charge >= 0.3 is 0 Å². The van der Waals surface area contributed by atoms with Crippen molar-refractivity contribution in [1.82, 2.24) is 0 Å². The smallest absolute Gasteiger partial charge is 0.194 e. The Morgan fingerprint density at radius 3 is 1.87 bits per heavy atom. The average molecular weight is 407 g/mol. The van der Waals surface area contributed by atoms with E-state index in [0.29, 0.717) is 40.7 Å². The number of benzene rings is 2. The molecule has 0 heterocycles. The summed E-state index contributed by atoms with van der Waals surface area (Å²) in [6.07, 6.45) is 10.5. The van der Waals surface area contributed by atoms with Crippen LogP contribution in [0, 0.1) is 0 Å². The first kappa shape index (κ1) is 22.1. The number of aliphatic hydroxyl groups is 1. The largest absolute Gasteiger partial charge is 0.388 e. The van der Waals surface area contributed by atoms with Crippen LogP contribution < -0.4 is 0 Å². The van der Waals surface area contributed by atoms with Gasteiger partial charge in [-0.25, -0.2) is 0 Å². The maximum Gasteiger partial charge on any atom is 0.194 e. The molecular weight excluding hydrogens is 376 g/mol. The van der Waals surface area contributed by atoms with Crippen molar-refractivity contribution in [1.29, 1.82) is 0 Å². The summed E-state index contributed by atoms with van der Waals surface area (Å²) < 4.78 is 0. The Kier molecular flexibility index (Phi) is 8.09. The van der Waals surface area contributed by atoms with Gasteiger partial charge in [-0.3, -0.25) is 9.59 Å². The number of hydrogen-bond acceptors (Lipinski definition) is 4. The number of aldehydes is 1. The Morgan fingerprint density at radius 1 is 0.700 bits per heavy atom. The maximum atomic E-state index is 12.8. The van der Waals surface area contributed by atoms with Crippen molar-refractivity contribution in [3.8, 4) is 0 Å². The van der Waals surface area contributed by atoms with E-state index in [1.807, 2.05) is 0 Å². The Bertz CT molecular complexity index is 900. The molecule has 2 aromatic rings. The van der Waals surface area contributed by atoms with Gasteiger partial charge in [0.1, 0.15) is 6.29 Å². The fourth-order valence-corrected chi connectivity index (χ4v) is 4.12. The highest BCUT2D eigenvalue weighted by Gasteiger charge is 2.29. The summed E-state index contributed by atoms with van der Waals surface area (Å²) in [7, 11) is 0. The van der Waals surface area contributed by atoms with Gasteiger partial charge in [-0.15, -0.1) is 0 Å². The van der Waals surface area contributed by atoms with E-state index >= 15 is 0 Å². The minimum Gasteiger partial charge on any atom is -0.388 e. The predicted molar refractivity (Wildman–Crippen MR) is 117 cm³/mol. The summed E-state index contributed by atoms with van der Waals surface area (Å²) in [6.45, 7) is 0. The lowest BCUT2D eigenvalue weighted by molar-refractivity contribution is -0.107. The highest BCUT2D eigenvalue weighted by Crippen LogP contribution is 2.30. The van der Waals surface area contributed by atoms with E-state index < -0.39 is 6.10 Å². The second kappa shape index (κ2) is 11.0. The van der Waals surface area contributed by atoms with Crippen LogP contribution in [0.5, 0.6) is 0 Å². The summed E-state index contributed by atoms with van der Waals surface area (Å²) in [5.74, 6) is -0.283. The molecule has 1 atom stereocenters. The molecule has 158 valence electrons. The molecule has 3 rings (SSSR count). The normalized spacial score (nSPS) is 13.6. The van der Waals surface area contributed by atoms with Crippen molar-refractivity contribution in [3.63, 3.8) is 0 Å². The van der Waals surface area contributed by atoms with E-state index in [0.717, 1.165) is 38.4 Å². The second-order valence-electron chi connectivity index (χ2n) is 8.10. The van der Waals surface area contributed by atoms with Crippen molar-refractivity contribution >= 4 is 17.9 Å². The van der Waals surface area contributed by atoms with E-state index in [9.17, 15) is 19.5 Å². The molecule has 0 saturated carbocycles. The van der Waals surface area contributed by atoms with Crippen molar-refractivity contribution < 1.29 is 19.5 Å². The lowest BCUT2D eigenvalue weighted by Crippen LogP contribution is -2.21. The SMILES string of the molecule is O=CCCCCCCCCCCC(O)c1ccc2c(c1)C(=O)c1ccccc1C2=O. The fourth-order valence-electron chi connectivity index (χ4n) is 4.12. The second-order valence-corrected chi connectivity index (χ2v) is 8.10. The topological polar surface area (TPSA) is 71.4 Å². The zero-order chi connectivity index (χ0) is 21.3. The molecule has 0 spiro atoms. The molecule has 4 heteroatoms. The van der Waals surface area contributed by atoms with Crippen LogP contribution in [-0.4, -0.2) is 23.0 Å². The molecule has 0 radical (unpaired) electrons. The van der Waals surface area contributed by atoms with Crippen LogP contribution in [0.15, 0.2) is 42.5 Å². The number of fused-ring (bicyclic) bond motifs is 2. The molecule has 1 aliphatic rings.